The molecule has 2 aliphatic rings. The monoisotopic (exact) mass is 260 g/mol. The Morgan fingerprint density at radius 2 is 2.22 bits per heavy atom. The van der Waals surface area contributed by atoms with Crippen LogP contribution in [0, 0.1) is 0 Å². The molecule has 0 bridgehead atoms. The van der Waals surface area contributed by atoms with E-state index in [2.05, 4.69) is 6.07 Å². The number of rotatable bonds is 1. The largest absolute Gasteiger partial charge is 0.474 e. The Morgan fingerprint density at radius 1 is 1.39 bits per heavy atom. The van der Waals surface area contributed by atoms with E-state index in [0.29, 0.717) is 0 Å². The van der Waals surface area contributed by atoms with E-state index in [9.17, 15) is 4.79 Å². The lowest BCUT2D eigenvalue weighted by atomic mass is 9.99. The van der Waals surface area contributed by atoms with E-state index in [1.165, 1.54) is 17.6 Å². The first-order valence-electron chi connectivity index (χ1n) is 5.67. The molecule has 3 rings (SSSR count). The standard InChI is InChI=1S/C14H12O3S/c1-16-14(15)11-7-6-9-8-18-12-5-3-2-4-10(12)13(9)17-11/h2-7,13H,8H2,1H3. The summed E-state index contributed by atoms with van der Waals surface area (Å²) in [6.07, 6.45) is 3.50. The van der Waals surface area contributed by atoms with Gasteiger partial charge < -0.3 is 9.47 Å². The molecule has 2 aliphatic heterocycles. The number of esters is 1. The third-order valence-electron chi connectivity index (χ3n) is 3.01. The second-order valence-corrected chi connectivity index (χ2v) is 5.11. The first-order chi connectivity index (χ1) is 8.79. The number of thioether (sulfide) groups is 1. The first-order valence-corrected chi connectivity index (χ1v) is 6.65. The lowest BCUT2D eigenvalue weighted by Crippen LogP contribution is -2.20. The molecule has 0 spiro atoms. The molecule has 92 valence electrons. The molecule has 0 saturated heterocycles. The summed E-state index contributed by atoms with van der Waals surface area (Å²) < 4.78 is 10.5. The van der Waals surface area contributed by atoms with Gasteiger partial charge in [0.1, 0.15) is 6.10 Å². The SMILES string of the molecule is COC(=O)C1=CC=C2CSc3ccccc3C2O1. The zero-order chi connectivity index (χ0) is 12.5. The summed E-state index contributed by atoms with van der Waals surface area (Å²) in [5.41, 5.74) is 2.31. The van der Waals surface area contributed by atoms with Crippen molar-refractivity contribution in [1.82, 2.24) is 0 Å². The number of carbonyl (C=O) groups is 1. The minimum absolute atomic E-state index is 0.151. The van der Waals surface area contributed by atoms with Crippen molar-refractivity contribution in [1.29, 1.82) is 0 Å². The van der Waals surface area contributed by atoms with Gasteiger partial charge >= 0.3 is 5.97 Å². The maximum atomic E-state index is 11.5. The van der Waals surface area contributed by atoms with Crippen molar-refractivity contribution in [3.05, 3.63) is 53.3 Å². The number of hydrogen-bond donors (Lipinski definition) is 0. The highest BCUT2D eigenvalue weighted by molar-refractivity contribution is 7.99. The van der Waals surface area contributed by atoms with Crippen LogP contribution in [-0.2, 0) is 14.3 Å². The van der Waals surface area contributed by atoms with E-state index in [1.807, 2.05) is 24.3 Å². The molecule has 0 radical (unpaired) electrons. The highest BCUT2D eigenvalue weighted by Crippen LogP contribution is 2.43. The molecule has 0 aromatic heterocycles. The van der Waals surface area contributed by atoms with E-state index in [0.717, 1.165) is 11.3 Å². The number of fused-ring (bicyclic) bond motifs is 3. The van der Waals surface area contributed by atoms with Crippen LogP contribution in [-0.4, -0.2) is 18.8 Å². The first kappa shape index (κ1) is 11.4. The van der Waals surface area contributed by atoms with Gasteiger partial charge in [0.05, 0.1) is 7.11 Å². The number of carbonyl (C=O) groups excluding carboxylic acids is 1. The maximum absolute atomic E-state index is 11.5. The molecule has 0 fully saturated rings. The van der Waals surface area contributed by atoms with Crippen LogP contribution in [0.15, 0.2) is 52.6 Å². The van der Waals surface area contributed by atoms with Gasteiger partial charge in [-0.05, 0) is 17.7 Å². The van der Waals surface area contributed by atoms with Crippen molar-refractivity contribution in [3.63, 3.8) is 0 Å². The average Bonchev–Trinajstić information content (AvgIpc) is 2.45. The summed E-state index contributed by atoms with van der Waals surface area (Å²) in [5.74, 6) is 0.737. The predicted octanol–water partition coefficient (Wildman–Crippen LogP) is 2.85. The third kappa shape index (κ3) is 1.82. The Bertz CT molecular complexity index is 560. The van der Waals surface area contributed by atoms with Gasteiger partial charge in [0.15, 0.2) is 0 Å². The number of benzene rings is 1. The second kappa shape index (κ2) is 4.53. The average molecular weight is 260 g/mol. The fourth-order valence-electron chi connectivity index (χ4n) is 2.11. The normalized spacial score (nSPS) is 20.8. The Balaban J connectivity index is 1.98. The fraction of sp³-hybridized carbons (Fsp3) is 0.214. The fourth-order valence-corrected chi connectivity index (χ4v) is 3.19. The van der Waals surface area contributed by atoms with Gasteiger partial charge in [-0.1, -0.05) is 24.3 Å². The number of hydrogen-bond acceptors (Lipinski definition) is 4. The van der Waals surface area contributed by atoms with Crippen molar-refractivity contribution in [2.45, 2.75) is 11.0 Å². The highest BCUT2D eigenvalue weighted by atomic mass is 32.2. The van der Waals surface area contributed by atoms with E-state index < -0.39 is 5.97 Å². The van der Waals surface area contributed by atoms with Gasteiger partial charge in [0, 0.05) is 16.2 Å². The smallest absolute Gasteiger partial charge is 0.373 e. The molecule has 0 aliphatic carbocycles. The molecule has 3 nitrogen and oxygen atoms in total. The van der Waals surface area contributed by atoms with Gasteiger partial charge in [0.25, 0.3) is 0 Å². The molecule has 18 heavy (non-hydrogen) atoms. The van der Waals surface area contributed by atoms with Gasteiger partial charge in [0.2, 0.25) is 5.76 Å². The summed E-state index contributed by atoms with van der Waals surface area (Å²) in [6.45, 7) is 0. The van der Waals surface area contributed by atoms with Crippen molar-refractivity contribution in [2.75, 3.05) is 12.9 Å². The van der Waals surface area contributed by atoms with E-state index in [-0.39, 0.29) is 11.9 Å². The quantitative estimate of drug-likeness (QED) is 0.727. The van der Waals surface area contributed by atoms with Crippen LogP contribution in [0.2, 0.25) is 0 Å². The Labute approximate surface area is 109 Å². The lowest BCUT2D eigenvalue weighted by Gasteiger charge is -2.30. The molecule has 0 amide bonds. The van der Waals surface area contributed by atoms with Crippen LogP contribution < -0.4 is 0 Å². The Morgan fingerprint density at radius 3 is 3.06 bits per heavy atom. The van der Waals surface area contributed by atoms with Gasteiger partial charge in [-0.15, -0.1) is 11.8 Å². The van der Waals surface area contributed by atoms with Crippen molar-refractivity contribution in [3.8, 4) is 0 Å². The van der Waals surface area contributed by atoms with Crippen LogP contribution in [0.3, 0.4) is 0 Å². The van der Waals surface area contributed by atoms with Crippen molar-refractivity contribution < 1.29 is 14.3 Å². The maximum Gasteiger partial charge on any atom is 0.373 e. The zero-order valence-corrected chi connectivity index (χ0v) is 10.7. The minimum atomic E-state index is -0.430. The van der Waals surface area contributed by atoms with Crippen LogP contribution in [0.25, 0.3) is 0 Å². The number of ether oxygens (including phenoxy) is 2. The molecular formula is C14H12O3S. The van der Waals surface area contributed by atoms with Crippen LogP contribution >= 0.6 is 11.8 Å². The van der Waals surface area contributed by atoms with Crippen molar-refractivity contribution in [2.24, 2.45) is 0 Å². The highest BCUT2D eigenvalue weighted by Gasteiger charge is 2.30. The van der Waals surface area contributed by atoms with Crippen LogP contribution in [0.4, 0.5) is 0 Å². The van der Waals surface area contributed by atoms with Crippen LogP contribution in [0.5, 0.6) is 0 Å². The summed E-state index contributed by atoms with van der Waals surface area (Å²) in [7, 11) is 1.36. The molecule has 0 saturated carbocycles. The molecule has 1 aromatic carbocycles. The zero-order valence-electron chi connectivity index (χ0n) is 9.88. The summed E-state index contributed by atoms with van der Waals surface area (Å²) in [4.78, 5) is 12.7. The molecular weight excluding hydrogens is 248 g/mol. The summed E-state index contributed by atoms with van der Waals surface area (Å²) in [6, 6.07) is 8.12. The second-order valence-electron chi connectivity index (χ2n) is 4.09. The van der Waals surface area contributed by atoms with Gasteiger partial charge in [-0.25, -0.2) is 4.79 Å². The Hall–Kier alpha value is -1.68. The van der Waals surface area contributed by atoms with E-state index >= 15 is 0 Å². The van der Waals surface area contributed by atoms with Crippen LogP contribution in [0.1, 0.15) is 11.7 Å². The van der Waals surface area contributed by atoms with E-state index in [1.54, 1.807) is 17.8 Å². The molecule has 1 unspecified atom stereocenters. The molecule has 2 heterocycles. The molecule has 1 atom stereocenters. The molecule has 0 N–H and O–H groups in total. The summed E-state index contributed by atoms with van der Waals surface area (Å²) in [5, 5.41) is 0. The Kier molecular flexibility index (Phi) is 2.88. The van der Waals surface area contributed by atoms with Crippen molar-refractivity contribution >= 4 is 17.7 Å². The third-order valence-corrected chi connectivity index (χ3v) is 4.17. The molecule has 4 heteroatoms. The van der Waals surface area contributed by atoms with Gasteiger partial charge in [-0.3, -0.25) is 0 Å². The van der Waals surface area contributed by atoms with E-state index in [4.69, 9.17) is 9.47 Å². The summed E-state index contributed by atoms with van der Waals surface area (Å²) >= 11 is 1.80. The topological polar surface area (TPSA) is 35.5 Å². The number of methoxy groups -OCH3 is 1. The number of allylic oxidation sites excluding steroid dienone is 2. The minimum Gasteiger partial charge on any atom is -0.474 e. The van der Waals surface area contributed by atoms with Gasteiger partial charge in [-0.2, -0.15) is 0 Å². The molecule has 1 aromatic rings. The lowest BCUT2D eigenvalue weighted by molar-refractivity contribution is -0.141. The predicted molar refractivity (Wildman–Crippen MR) is 69.2 cm³/mol.